The standard InChI is InChI=1S/C11H10N3O2.3C4H9.Sn/c1-9(15)16-11-7-12-13-14(11)8-10-5-3-2-4-6-10;3*1-3-4-2;/h2-6H,8H2,1H3;3*1,3-4H2,2H3;. The van der Waals surface area contributed by atoms with Crippen molar-refractivity contribution in [3.05, 3.63) is 35.9 Å². The first-order valence-electron chi connectivity index (χ1n) is 11.2. The Labute approximate surface area is 180 Å². The third-order valence-corrected chi connectivity index (χ3v) is 20.6. The van der Waals surface area contributed by atoms with Gasteiger partial charge in [-0.25, -0.2) is 0 Å². The van der Waals surface area contributed by atoms with E-state index in [2.05, 4.69) is 38.1 Å². The van der Waals surface area contributed by atoms with Gasteiger partial charge in [0.2, 0.25) is 0 Å². The van der Waals surface area contributed by atoms with Gasteiger partial charge in [-0.2, -0.15) is 0 Å². The van der Waals surface area contributed by atoms with E-state index >= 15 is 0 Å². The van der Waals surface area contributed by atoms with Crippen molar-refractivity contribution in [3.63, 3.8) is 0 Å². The Morgan fingerprint density at radius 2 is 1.52 bits per heavy atom. The molecule has 2 rings (SSSR count). The zero-order valence-corrected chi connectivity index (χ0v) is 21.5. The van der Waals surface area contributed by atoms with Crippen molar-refractivity contribution in [2.75, 3.05) is 0 Å². The van der Waals surface area contributed by atoms with E-state index in [-0.39, 0.29) is 5.97 Å². The molecule has 0 aliphatic rings. The summed E-state index contributed by atoms with van der Waals surface area (Å²) >= 11 is -2.85. The van der Waals surface area contributed by atoms with E-state index in [1.807, 2.05) is 22.9 Å². The maximum absolute atomic E-state index is 12.0. The summed E-state index contributed by atoms with van der Waals surface area (Å²) in [5.41, 5.74) is 1.13. The molecule has 2 aromatic rings. The van der Waals surface area contributed by atoms with Gasteiger partial charge in [0.25, 0.3) is 0 Å². The van der Waals surface area contributed by atoms with Crippen LogP contribution in [0.2, 0.25) is 13.3 Å². The van der Waals surface area contributed by atoms with E-state index in [0.29, 0.717) is 12.4 Å². The third kappa shape index (κ3) is 6.83. The SMILES string of the molecule is CCC[CH2][Sn]([CH2]CCC)([CH2]CCC)[c]1nnn(Cc2ccccc2)c1OC(C)=O. The Balaban J connectivity index is 2.49. The molecule has 0 amide bonds. The van der Waals surface area contributed by atoms with Crippen LogP contribution in [0.15, 0.2) is 30.3 Å². The van der Waals surface area contributed by atoms with Crippen LogP contribution in [0.1, 0.15) is 71.8 Å². The molecular weight excluding hydrogens is 469 g/mol. The molecule has 0 atom stereocenters. The number of carbonyl (C=O) groups excluding carboxylic acids is 1. The second-order valence-electron chi connectivity index (χ2n) is 8.07. The molecule has 6 heteroatoms. The number of benzene rings is 1. The van der Waals surface area contributed by atoms with E-state index in [4.69, 9.17) is 9.84 Å². The fourth-order valence-electron chi connectivity index (χ4n) is 4.01. The Morgan fingerprint density at radius 1 is 0.966 bits per heavy atom. The van der Waals surface area contributed by atoms with Crippen molar-refractivity contribution in [3.8, 4) is 5.88 Å². The molecule has 29 heavy (non-hydrogen) atoms. The fourth-order valence-corrected chi connectivity index (χ4v) is 19.5. The minimum atomic E-state index is -2.85. The summed E-state index contributed by atoms with van der Waals surface area (Å²) in [6.45, 7) is 8.83. The molecule has 1 heterocycles. The fraction of sp³-hybridized carbons (Fsp3) is 0.609. The first-order valence-corrected chi connectivity index (χ1v) is 18.7. The number of ether oxygens (including phenoxy) is 1. The topological polar surface area (TPSA) is 57.0 Å². The molecule has 0 saturated carbocycles. The monoisotopic (exact) mass is 507 g/mol. The van der Waals surface area contributed by atoms with Gasteiger partial charge in [0, 0.05) is 0 Å². The number of hydrogen-bond acceptors (Lipinski definition) is 4. The summed E-state index contributed by atoms with van der Waals surface area (Å²) in [4.78, 5) is 12.0. The van der Waals surface area contributed by atoms with Crippen molar-refractivity contribution in [2.45, 2.75) is 86.1 Å². The van der Waals surface area contributed by atoms with Gasteiger partial charge in [-0.05, 0) is 0 Å². The number of nitrogens with zero attached hydrogens (tertiary/aromatic N) is 3. The van der Waals surface area contributed by atoms with Crippen LogP contribution in [-0.4, -0.2) is 39.3 Å². The number of carbonyl (C=O) groups is 1. The van der Waals surface area contributed by atoms with Crippen LogP contribution in [0.25, 0.3) is 0 Å². The van der Waals surface area contributed by atoms with Crippen molar-refractivity contribution in [2.24, 2.45) is 0 Å². The zero-order chi connectivity index (χ0) is 21.1. The van der Waals surface area contributed by atoms with Crippen LogP contribution in [0.3, 0.4) is 0 Å². The zero-order valence-electron chi connectivity index (χ0n) is 18.6. The second kappa shape index (κ2) is 12.4. The Bertz CT molecular complexity index is 724. The molecule has 1 aromatic carbocycles. The molecule has 0 radical (unpaired) electrons. The summed E-state index contributed by atoms with van der Waals surface area (Å²) in [5, 5.41) is 9.22. The van der Waals surface area contributed by atoms with E-state index in [1.54, 1.807) is 0 Å². The number of unbranched alkanes of at least 4 members (excludes halogenated alkanes) is 3. The second-order valence-corrected chi connectivity index (χ2v) is 21.0. The number of esters is 1. The molecule has 0 N–H and O–H groups in total. The third-order valence-electron chi connectivity index (χ3n) is 5.63. The summed E-state index contributed by atoms with van der Waals surface area (Å²) in [7, 11) is 0. The molecule has 0 spiro atoms. The van der Waals surface area contributed by atoms with Crippen LogP contribution in [0, 0.1) is 0 Å². The molecule has 0 aliphatic carbocycles. The van der Waals surface area contributed by atoms with Gasteiger partial charge in [0.1, 0.15) is 0 Å². The van der Waals surface area contributed by atoms with Gasteiger partial charge in [-0.1, -0.05) is 0 Å². The van der Waals surface area contributed by atoms with Gasteiger partial charge in [0.15, 0.2) is 0 Å². The van der Waals surface area contributed by atoms with Crippen molar-refractivity contribution in [1.29, 1.82) is 0 Å². The number of hydrogen-bond donors (Lipinski definition) is 0. The first-order chi connectivity index (χ1) is 14.1. The average molecular weight is 506 g/mol. The average Bonchev–Trinajstić information content (AvgIpc) is 3.10. The molecular formula is C23H37N3O2Sn. The normalized spacial score (nSPS) is 11.6. The molecule has 5 nitrogen and oxygen atoms in total. The predicted octanol–water partition coefficient (Wildman–Crippen LogP) is 5.31. The van der Waals surface area contributed by atoms with E-state index in [1.165, 1.54) is 58.8 Å². The van der Waals surface area contributed by atoms with Crippen LogP contribution in [-0.2, 0) is 11.3 Å². The Kier molecular flexibility index (Phi) is 10.2. The molecule has 0 bridgehead atoms. The maximum atomic E-state index is 12.0. The van der Waals surface area contributed by atoms with Crippen molar-refractivity contribution >= 4 is 28.1 Å². The minimum absolute atomic E-state index is 0.287. The van der Waals surface area contributed by atoms with Crippen LogP contribution < -0.4 is 8.45 Å². The van der Waals surface area contributed by atoms with Gasteiger partial charge in [0.05, 0.1) is 0 Å². The van der Waals surface area contributed by atoms with Crippen LogP contribution in [0.5, 0.6) is 5.88 Å². The van der Waals surface area contributed by atoms with Crippen molar-refractivity contribution < 1.29 is 9.53 Å². The van der Waals surface area contributed by atoms with Gasteiger partial charge >= 0.3 is 180 Å². The van der Waals surface area contributed by atoms with E-state index in [9.17, 15) is 4.79 Å². The molecule has 0 aliphatic heterocycles. The molecule has 0 saturated heterocycles. The molecule has 160 valence electrons. The molecule has 1 aromatic heterocycles. The number of aromatic nitrogens is 3. The Morgan fingerprint density at radius 3 is 2.00 bits per heavy atom. The summed E-state index contributed by atoms with van der Waals surface area (Å²) in [6.07, 6.45) is 7.27. The molecule has 0 fully saturated rings. The van der Waals surface area contributed by atoms with Gasteiger partial charge in [-0.15, -0.1) is 0 Å². The van der Waals surface area contributed by atoms with Crippen molar-refractivity contribution in [1.82, 2.24) is 15.0 Å². The van der Waals surface area contributed by atoms with Gasteiger partial charge < -0.3 is 0 Å². The van der Waals surface area contributed by atoms with Crippen LogP contribution in [0.4, 0.5) is 0 Å². The van der Waals surface area contributed by atoms with Gasteiger partial charge in [-0.3, -0.25) is 0 Å². The quantitative estimate of drug-likeness (QED) is 0.273. The van der Waals surface area contributed by atoms with E-state index in [0.717, 1.165) is 9.27 Å². The number of rotatable bonds is 13. The summed E-state index contributed by atoms with van der Waals surface area (Å²) in [5.74, 6) is 0.338. The molecule has 0 unspecified atom stereocenters. The van der Waals surface area contributed by atoms with Crippen LogP contribution >= 0.6 is 0 Å². The predicted molar refractivity (Wildman–Crippen MR) is 121 cm³/mol. The van der Waals surface area contributed by atoms with E-state index < -0.39 is 18.4 Å². The Hall–Kier alpha value is -1.37. The summed E-state index contributed by atoms with van der Waals surface area (Å²) in [6, 6.07) is 10.2. The first kappa shape index (κ1) is 23.9. The summed E-state index contributed by atoms with van der Waals surface area (Å²) < 4.78 is 12.5.